The van der Waals surface area contributed by atoms with Gasteiger partial charge in [-0.25, -0.2) is 0 Å². The molecule has 0 saturated heterocycles. The van der Waals surface area contributed by atoms with E-state index in [-0.39, 0.29) is 21.7 Å². The Bertz CT molecular complexity index is 1100. The largest absolute Gasteiger partial charge is 0.367 e. The lowest BCUT2D eigenvalue weighted by atomic mass is 10.2. The van der Waals surface area contributed by atoms with Crippen LogP contribution in [0, 0.1) is 10.1 Å². The summed E-state index contributed by atoms with van der Waals surface area (Å²) in [5.41, 5.74) is 6.29. The van der Waals surface area contributed by atoms with E-state index in [1.165, 1.54) is 30.0 Å². The molecule has 27 heavy (non-hydrogen) atoms. The normalized spacial score (nSPS) is 11.4. The van der Waals surface area contributed by atoms with Gasteiger partial charge in [0.15, 0.2) is 0 Å². The number of nitro benzene ring substituents is 1. The van der Waals surface area contributed by atoms with Crippen molar-refractivity contribution < 1.29 is 13.3 Å². The van der Waals surface area contributed by atoms with Gasteiger partial charge in [0, 0.05) is 22.9 Å². The van der Waals surface area contributed by atoms with Crippen LogP contribution in [0.25, 0.3) is 0 Å². The molecule has 140 valence electrons. The maximum absolute atomic E-state index is 12.7. The van der Waals surface area contributed by atoms with E-state index in [0.29, 0.717) is 14.9 Å². The molecule has 1 heterocycles. The molecule has 0 aliphatic carbocycles. The molecule has 0 atom stereocenters. The summed E-state index contributed by atoms with van der Waals surface area (Å²) < 4.78 is 25.9. The number of halogens is 1. The van der Waals surface area contributed by atoms with E-state index in [0.717, 1.165) is 11.6 Å². The number of benzene rings is 2. The van der Waals surface area contributed by atoms with Crippen LogP contribution >= 0.6 is 23.4 Å². The van der Waals surface area contributed by atoms with Gasteiger partial charge in [-0.05, 0) is 23.8 Å². The third-order valence-corrected chi connectivity index (χ3v) is 6.15. The highest BCUT2D eigenvalue weighted by atomic mass is 35.5. The number of non-ortho nitro benzene ring substituents is 1. The number of aromatic nitrogens is 3. The zero-order chi connectivity index (χ0) is 19.6. The number of hydrogen-bond acceptors (Lipinski definition) is 8. The van der Waals surface area contributed by atoms with Crippen molar-refractivity contribution >= 4 is 45.0 Å². The predicted molar refractivity (Wildman–Crippen MR) is 101 cm³/mol. The summed E-state index contributed by atoms with van der Waals surface area (Å²) in [4.78, 5) is 13.8. The first kappa shape index (κ1) is 19.1. The fourth-order valence-electron chi connectivity index (χ4n) is 2.12. The highest BCUT2D eigenvalue weighted by Gasteiger charge is 2.24. The van der Waals surface area contributed by atoms with Crippen LogP contribution in [0.2, 0.25) is 5.02 Å². The van der Waals surface area contributed by atoms with E-state index < -0.39 is 14.9 Å². The standard InChI is InChI=1S/C15H12ClN5O4S2/c16-11-6-4-10(5-7-11)9-26-15-18-14(17)20(19-15)27(24,25)13-3-1-2-12(8-13)21(22)23/h1-8H,9H2,(H2,17,18,19). The first-order valence-electron chi connectivity index (χ1n) is 7.37. The van der Waals surface area contributed by atoms with Crippen molar-refractivity contribution in [2.24, 2.45) is 0 Å². The van der Waals surface area contributed by atoms with Crippen molar-refractivity contribution in [3.63, 3.8) is 0 Å². The highest BCUT2D eigenvalue weighted by molar-refractivity contribution is 7.98. The molecule has 12 heteroatoms. The van der Waals surface area contributed by atoms with E-state index in [4.69, 9.17) is 17.3 Å². The Kier molecular flexibility index (Phi) is 5.35. The summed E-state index contributed by atoms with van der Waals surface area (Å²) >= 11 is 7.03. The number of thioether (sulfide) groups is 1. The second kappa shape index (κ2) is 7.55. The minimum Gasteiger partial charge on any atom is -0.367 e. The fraction of sp³-hybridized carbons (Fsp3) is 0.0667. The minimum atomic E-state index is -4.21. The lowest BCUT2D eigenvalue weighted by Crippen LogP contribution is -2.17. The Balaban J connectivity index is 1.85. The van der Waals surface area contributed by atoms with E-state index in [2.05, 4.69) is 10.1 Å². The van der Waals surface area contributed by atoms with Gasteiger partial charge in [0.2, 0.25) is 11.1 Å². The zero-order valence-electron chi connectivity index (χ0n) is 13.5. The number of nitrogen functional groups attached to an aromatic ring is 1. The molecule has 0 unspecified atom stereocenters. The Labute approximate surface area is 163 Å². The van der Waals surface area contributed by atoms with Crippen LogP contribution in [-0.2, 0) is 15.8 Å². The molecule has 0 spiro atoms. The van der Waals surface area contributed by atoms with Crippen molar-refractivity contribution in [1.29, 1.82) is 0 Å². The second-order valence-corrected chi connectivity index (χ2v) is 8.42. The first-order chi connectivity index (χ1) is 12.8. The SMILES string of the molecule is Nc1nc(SCc2ccc(Cl)cc2)nn1S(=O)(=O)c1cccc([N+](=O)[O-])c1. The molecular weight excluding hydrogens is 414 g/mol. The van der Waals surface area contributed by atoms with E-state index in [9.17, 15) is 18.5 Å². The minimum absolute atomic E-state index is 0.163. The van der Waals surface area contributed by atoms with Gasteiger partial charge in [-0.1, -0.05) is 41.6 Å². The summed E-state index contributed by atoms with van der Waals surface area (Å²) in [7, 11) is -4.21. The third-order valence-electron chi connectivity index (χ3n) is 3.42. The summed E-state index contributed by atoms with van der Waals surface area (Å²) in [5, 5.41) is 15.6. The van der Waals surface area contributed by atoms with Crippen molar-refractivity contribution in [3.05, 3.63) is 69.2 Å². The van der Waals surface area contributed by atoms with Gasteiger partial charge >= 0.3 is 0 Å². The van der Waals surface area contributed by atoms with Crippen LogP contribution in [-0.4, -0.2) is 27.5 Å². The van der Waals surface area contributed by atoms with Gasteiger partial charge in [-0.3, -0.25) is 10.1 Å². The van der Waals surface area contributed by atoms with Gasteiger partial charge in [-0.2, -0.15) is 13.4 Å². The molecule has 2 N–H and O–H groups in total. The van der Waals surface area contributed by atoms with Crippen LogP contribution < -0.4 is 5.73 Å². The molecule has 0 saturated carbocycles. The predicted octanol–water partition coefficient (Wildman–Crippen LogP) is 2.95. The Hall–Kier alpha value is -2.63. The number of rotatable bonds is 6. The number of anilines is 1. The molecule has 0 aliphatic heterocycles. The van der Waals surface area contributed by atoms with Crippen molar-refractivity contribution in [2.45, 2.75) is 15.8 Å². The van der Waals surface area contributed by atoms with E-state index in [1.807, 2.05) is 12.1 Å². The maximum atomic E-state index is 12.7. The van der Waals surface area contributed by atoms with Gasteiger partial charge in [0.25, 0.3) is 15.7 Å². The number of hydrogen-bond donors (Lipinski definition) is 1. The molecule has 2 aromatic carbocycles. The number of nitrogens with two attached hydrogens (primary N) is 1. The molecule has 0 aliphatic rings. The summed E-state index contributed by atoms with van der Waals surface area (Å²) in [5.74, 6) is 0.150. The van der Waals surface area contributed by atoms with Crippen LogP contribution in [0.4, 0.5) is 11.6 Å². The monoisotopic (exact) mass is 425 g/mol. The molecule has 0 fully saturated rings. The van der Waals surface area contributed by atoms with E-state index >= 15 is 0 Å². The summed E-state index contributed by atoms with van der Waals surface area (Å²) in [6.45, 7) is 0. The third kappa shape index (κ3) is 4.21. The van der Waals surface area contributed by atoms with Gasteiger partial charge in [0.1, 0.15) is 0 Å². The molecule has 0 radical (unpaired) electrons. The van der Waals surface area contributed by atoms with Crippen LogP contribution in [0.1, 0.15) is 5.56 Å². The summed E-state index contributed by atoms with van der Waals surface area (Å²) in [6, 6.07) is 11.8. The van der Waals surface area contributed by atoms with Crippen molar-refractivity contribution in [1.82, 2.24) is 14.2 Å². The Morgan fingerprint density at radius 1 is 1.22 bits per heavy atom. The average Bonchev–Trinajstić information content (AvgIpc) is 3.03. The molecule has 9 nitrogen and oxygen atoms in total. The lowest BCUT2D eigenvalue weighted by molar-refractivity contribution is -0.385. The molecule has 0 amide bonds. The molecular formula is C15H12ClN5O4S2. The zero-order valence-corrected chi connectivity index (χ0v) is 15.9. The molecule has 3 aromatic rings. The lowest BCUT2D eigenvalue weighted by Gasteiger charge is -2.04. The van der Waals surface area contributed by atoms with Gasteiger partial charge < -0.3 is 5.73 Å². The van der Waals surface area contributed by atoms with E-state index in [1.54, 1.807) is 12.1 Å². The average molecular weight is 426 g/mol. The molecule has 0 bridgehead atoms. The van der Waals surface area contributed by atoms with Gasteiger partial charge in [0.05, 0.1) is 9.82 Å². The quantitative estimate of drug-likeness (QED) is 0.362. The summed E-state index contributed by atoms with van der Waals surface area (Å²) in [6.07, 6.45) is 0. The van der Waals surface area contributed by atoms with Crippen molar-refractivity contribution in [3.8, 4) is 0 Å². The van der Waals surface area contributed by atoms with Crippen LogP contribution in [0.3, 0.4) is 0 Å². The number of nitro groups is 1. The second-order valence-electron chi connectivity index (χ2n) is 5.27. The Morgan fingerprint density at radius 3 is 2.59 bits per heavy atom. The van der Waals surface area contributed by atoms with Gasteiger partial charge in [-0.15, -0.1) is 9.19 Å². The molecule has 3 rings (SSSR count). The van der Waals surface area contributed by atoms with Crippen molar-refractivity contribution in [2.75, 3.05) is 5.73 Å². The smallest absolute Gasteiger partial charge is 0.286 e. The maximum Gasteiger partial charge on any atom is 0.286 e. The molecule has 1 aromatic heterocycles. The Morgan fingerprint density at radius 2 is 1.93 bits per heavy atom. The van der Waals surface area contributed by atoms with Crippen LogP contribution in [0.5, 0.6) is 0 Å². The first-order valence-corrected chi connectivity index (χ1v) is 10.2. The van der Waals surface area contributed by atoms with Crippen LogP contribution in [0.15, 0.2) is 58.6 Å². The topological polar surface area (TPSA) is 134 Å². The fourth-order valence-corrected chi connectivity index (χ4v) is 4.27. The highest BCUT2D eigenvalue weighted by Crippen LogP contribution is 2.25. The number of nitrogens with zero attached hydrogens (tertiary/aromatic N) is 4.